The Morgan fingerprint density at radius 2 is 1.94 bits per heavy atom. The number of nitrogens with one attached hydrogen (secondary N) is 2. The minimum Gasteiger partial charge on any atom is -0.369 e. The molecule has 2 rings (SSSR count). The van der Waals surface area contributed by atoms with E-state index in [4.69, 9.17) is 0 Å². The van der Waals surface area contributed by atoms with Crippen molar-refractivity contribution in [3.8, 4) is 0 Å². The molecule has 1 aliphatic heterocycles. The van der Waals surface area contributed by atoms with Crippen molar-refractivity contribution < 1.29 is 0 Å². The van der Waals surface area contributed by atoms with Gasteiger partial charge >= 0.3 is 0 Å². The lowest BCUT2D eigenvalue weighted by molar-refractivity contribution is 0.272. The summed E-state index contributed by atoms with van der Waals surface area (Å²) < 4.78 is 0.907. The van der Waals surface area contributed by atoms with Crippen LogP contribution in [0.5, 0.6) is 0 Å². The third-order valence-corrected chi connectivity index (χ3v) is 3.70. The average Bonchev–Trinajstić information content (AvgIpc) is 2.41. The van der Waals surface area contributed by atoms with E-state index in [2.05, 4.69) is 48.6 Å². The van der Waals surface area contributed by atoms with Gasteiger partial charge in [0.1, 0.15) is 16.6 Å². The molecule has 0 saturated carbocycles. The fourth-order valence-corrected chi connectivity index (χ4v) is 2.40. The summed E-state index contributed by atoms with van der Waals surface area (Å²) in [5.74, 6) is 1.69. The van der Waals surface area contributed by atoms with Crippen LogP contribution in [0.1, 0.15) is 32.6 Å². The van der Waals surface area contributed by atoms with E-state index in [9.17, 15) is 0 Å². The topological polar surface area (TPSA) is 53.1 Å². The van der Waals surface area contributed by atoms with Crippen molar-refractivity contribution in [2.45, 2.75) is 32.6 Å². The summed E-state index contributed by atoms with van der Waals surface area (Å²) in [7, 11) is 0. The summed E-state index contributed by atoms with van der Waals surface area (Å²) in [6, 6.07) is 0. The van der Waals surface area contributed by atoms with Crippen LogP contribution in [0.4, 0.5) is 11.6 Å². The average molecular weight is 314 g/mol. The molecule has 0 aliphatic carbocycles. The Bertz CT molecular complexity index is 379. The van der Waals surface area contributed by atoms with Gasteiger partial charge in [0, 0.05) is 19.6 Å². The summed E-state index contributed by atoms with van der Waals surface area (Å²) in [4.78, 5) is 8.53. The highest BCUT2D eigenvalue weighted by atomic mass is 79.9. The molecule has 1 aromatic rings. The standard InChI is InChI=1S/C12H20BrN5/c1-2-6-14-11-10(13)12(16-9-15-11)17-18-7-4-3-5-8-18/h9H,2-8H2,1H3,(H2,14,15,16,17). The summed E-state index contributed by atoms with van der Waals surface area (Å²) >= 11 is 3.56. The van der Waals surface area contributed by atoms with Gasteiger partial charge in [0.25, 0.3) is 0 Å². The Hall–Kier alpha value is -0.880. The van der Waals surface area contributed by atoms with Crippen LogP contribution in [-0.2, 0) is 0 Å². The number of rotatable bonds is 5. The highest BCUT2D eigenvalue weighted by molar-refractivity contribution is 9.10. The van der Waals surface area contributed by atoms with Crippen LogP contribution in [0, 0.1) is 0 Å². The van der Waals surface area contributed by atoms with Gasteiger partial charge in [0.2, 0.25) is 0 Å². The van der Waals surface area contributed by atoms with Gasteiger partial charge in [-0.15, -0.1) is 0 Å². The van der Waals surface area contributed by atoms with E-state index in [1.165, 1.54) is 19.3 Å². The van der Waals surface area contributed by atoms with Crippen molar-refractivity contribution in [3.63, 3.8) is 0 Å². The molecule has 0 radical (unpaired) electrons. The van der Waals surface area contributed by atoms with E-state index in [0.717, 1.165) is 42.2 Å². The van der Waals surface area contributed by atoms with Gasteiger partial charge < -0.3 is 10.7 Å². The summed E-state index contributed by atoms with van der Waals surface area (Å²) in [5, 5.41) is 5.51. The Morgan fingerprint density at radius 1 is 1.22 bits per heavy atom. The number of hydrazine groups is 1. The molecular formula is C12H20BrN5. The first kappa shape index (κ1) is 13.5. The van der Waals surface area contributed by atoms with Crippen molar-refractivity contribution in [1.82, 2.24) is 15.0 Å². The van der Waals surface area contributed by atoms with Gasteiger partial charge in [-0.05, 0) is 35.2 Å². The van der Waals surface area contributed by atoms with E-state index in [0.29, 0.717) is 0 Å². The summed E-state index contributed by atoms with van der Waals surface area (Å²) in [6.45, 7) is 5.20. The van der Waals surface area contributed by atoms with Crippen LogP contribution in [0.25, 0.3) is 0 Å². The number of anilines is 2. The van der Waals surface area contributed by atoms with Crippen molar-refractivity contribution >= 4 is 27.6 Å². The molecule has 0 unspecified atom stereocenters. The van der Waals surface area contributed by atoms with E-state index < -0.39 is 0 Å². The fourth-order valence-electron chi connectivity index (χ4n) is 1.97. The normalized spacial score (nSPS) is 16.6. The molecule has 1 fully saturated rings. The zero-order valence-corrected chi connectivity index (χ0v) is 12.3. The molecule has 1 aromatic heterocycles. The predicted octanol–water partition coefficient (Wildman–Crippen LogP) is 2.87. The zero-order valence-electron chi connectivity index (χ0n) is 10.7. The van der Waals surface area contributed by atoms with Crippen LogP contribution in [-0.4, -0.2) is 34.6 Å². The smallest absolute Gasteiger partial charge is 0.160 e. The molecule has 1 aliphatic rings. The fraction of sp³-hybridized carbons (Fsp3) is 0.667. The minimum atomic E-state index is 0.838. The van der Waals surface area contributed by atoms with Gasteiger partial charge in [-0.2, -0.15) is 0 Å². The maximum atomic E-state index is 4.29. The molecule has 2 heterocycles. The van der Waals surface area contributed by atoms with Crippen molar-refractivity contribution in [2.24, 2.45) is 0 Å². The second-order valence-electron chi connectivity index (χ2n) is 4.47. The molecule has 18 heavy (non-hydrogen) atoms. The predicted molar refractivity (Wildman–Crippen MR) is 77.6 cm³/mol. The lowest BCUT2D eigenvalue weighted by atomic mass is 10.2. The van der Waals surface area contributed by atoms with Crippen LogP contribution in [0.3, 0.4) is 0 Å². The van der Waals surface area contributed by atoms with E-state index in [1.54, 1.807) is 6.33 Å². The number of piperidine rings is 1. The molecule has 0 bridgehead atoms. The largest absolute Gasteiger partial charge is 0.369 e. The first-order chi connectivity index (χ1) is 8.81. The Labute approximate surface area is 116 Å². The summed E-state index contributed by atoms with van der Waals surface area (Å²) in [6.07, 6.45) is 6.49. The van der Waals surface area contributed by atoms with Crippen molar-refractivity contribution in [2.75, 3.05) is 30.4 Å². The zero-order chi connectivity index (χ0) is 12.8. The Kier molecular flexibility index (Phi) is 5.19. The monoisotopic (exact) mass is 313 g/mol. The second kappa shape index (κ2) is 6.89. The van der Waals surface area contributed by atoms with E-state index in [1.807, 2.05) is 0 Å². The molecule has 0 aromatic carbocycles. The number of aromatic nitrogens is 2. The van der Waals surface area contributed by atoms with Gasteiger partial charge in [-0.1, -0.05) is 13.3 Å². The molecule has 0 atom stereocenters. The molecular weight excluding hydrogens is 294 g/mol. The van der Waals surface area contributed by atoms with E-state index >= 15 is 0 Å². The SMILES string of the molecule is CCCNc1ncnc(NN2CCCCC2)c1Br. The van der Waals surface area contributed by atoms with E-state index in [-0.39, 0.29) is 0 Å². The van der Waals surface area contributed by atoms with Crippen LogP contribution < -0.4 is 10.7 Å². The van der Waals surface area contributed by atoms with Crippen molar-refractivity contribution in [1.29, 1.82) is 0 Å². The third kappa shape index (κ3) is 3.55. The highest BCUT2D eigenvalue weighted by Crippen LogP contribution is 2.27. The van der Waals surface area contributed by atoms with Gasteiger partial charge in [-0.3, -0.25) is 0 Å². The molecule has 1 saturated heterocycles. The number of hydrogen-bond acceptors (Lipinski definition) is 5. The van der Waals surface area contributed by atoms with Crippen LogP contribution >= 0.6 is 15.9 Å². The van der Waals surface area contributed by atoms with Crippen molar-refractivity contribution in [3.05, 3.63) is 10.8 Å². The molecule has 0 spiro atoms. The van der Waals surface area contributed by atoms with Crippen LogP contribution in [0.15, 0.2) is 10.8 Å². The van der Waals surface area contributed by atoms with Crippen LogP contribution in [0.2, 0.25) is 0 Å². The lowest BCUT2D eigenvalue weighted by Crippen LogP contribution is -2.35. The first-order valence-corrected chi connectivity index (χ1v) is 7.36. The first-order valence-electron chi connectivity index (χ1n) is 6.57. The lowest BCUT2D eigenvalue weighted by Gasteiger charge is -2.27. The molecule has 6 heteroatoms. The number of halogens is 1. The quantitative estimate of drug-likeness (QED) is 0.875. The molecule has 100 valence electrons. The summed E-state index contributed by atoms with van der Waals surface area (Å²) in [5.41, 5.74) is 3.36. The second-order valence-corrected chi connectivity index (χ2v) is 5.26. The maximum Gasteiger partial charge on any atom is 0.160 e. The Morgan fingerprint density at radius 3 is 2.67 bits per heavy atom. The third-order valence-electron chi connectivity index (χ3n) is 2.95. The molecule has 0 amide bonds. The minimum absolute atomic E-state index is 0.838. The van der Waals surface area contributed by atoms with Gasteiger partial charge in [0.15, 0.2) is 5.82 Å². The number of nitrogens with zero attached hydrogens (tertiary/aromatic N) is 3. The van der Waals surface area contributed by atoms with Gasteiger partial charge in [0.05, 0.1) is 0 Å². The number of hydrogen-bond donors (Lipinski definition) is 2. The Balaban J connectivity index is 2.02. The molecule has 2 N–H and O–H groups in total. The maximum absolute atomic E-state index is 4.29. The highest BCUT2D eigenvalue weighted by Gasteiger charge is 2.14. The van der Waals surface area contributed by atoms with Gasteiger partial charge in [-0.25, -0.2) is 15.0 Å². The molecule has 5 nitrogen and oxygen atoms in total.